The van der Waals surface area contributed by atoms with Crippen LogP contribution in [0.5, 0.6) is 0 Å². The number of aryl methyl sites for hydroxylation is 1. The molecule has 1 N–H and O–H groups in total. The lowest BCUT2D eigenvalue weighted by atomic mass is 10.0. The van der Waals surface area contributed by atoms with Crippen molar-refractivity contribution in [2.75, 3.05) is 11.1 Å². The van der Waals surface area contributed by atoms with E-state index in [1.54, 1.807) is 16.9 Å². The number of hydrogen-bond donors (Lipinski definition) is 1. The van der Waals surface area contributed by atoms with Gasteiger partial charge in [-0.05, 0) is 36.8 Å². The molecule has 3 heterocycles. The lowest BCUT2D eigenvalue weighted by Crippen LogP contribution is -2.16. The molecule has 26 heavy (non-hydrogen) atoms. The average Bonchev–Trinajstić information content (AvgIpc) is 2.83. The van der Waals surface area contributed by atoms with E-state index in [1.165, 1.54) is 23.9 Å². The number of aromatic nitrogens is 3. The number of carbonyl (C=O) groups excluding carboxylic acids is 1. The molecule has 3 aromatic rings. The monoisotopic (exact) mass is 388 g/mol. The minimum atomic E-state index is -0.396. The molecule has 1 amide bonds. The van der Waals surface area contributed by atoms with Gasteiger partial charge in [0.05, 0.1) is 16.7 Å². The first kappa shape index (κ1) is 17.1. The molecule has 0 radical (unpaired) electrons. The molecule has 1 aliphatic heterocycles. The number of halogens is 2. The molecule has 1 atom stereocenters. The van der Waals surface area contributed by atoms with Gasteiger partial charge in [0.1, 0.15) is 11.6 Å². The molecule has 132 valence electrons. The standard InChI is InChI=1S/C18H14ClFN4OS/c1-10-16-17(12-6-5-11(20)8-13(12)19)26-9-15(25)22-18(16)24(23-10)14-4-2-3-7-21-14/h2-8,17H,9H2,1H3,(H,22,25)/t17-/m0/s1. The molecule has 0 bridgehead atoms. The summed E-state index contributed by atoms with van der Waals surface area (Å²) in [4.78, 5) is 16.6. The van der Waals surface area contributed by atoms with Crippen molar-refractivity contribution in [2.45, 2.75) is 12.2 Å². The van der Waals surface area contributed by atoms with Gasteiger partial charge in [-0.2, -0.15) is 9.78 Å². The first-order valence-electron chi connectivity index (χ1n) is 7.92. The van der Waals surface area contributed by atoms with Gasteiger partial charge < -0.3 is 5.32 Å². The predicted molar refractivity (Wildman–Crippen MR) is 100 cm³/mol. The van der Waals surface area contributed by atoms with Crippen molar-refractivity contribution in [1.29, 1.82) is 0 Å². The van der Waals surface area contributed by atoms with Crippen LogP contribution in [0.25, 0.3) is 5.82 Å². The summed E-state index contributed by atoms with van der Waals surface area (Å²) in [6.07, 6.45) is 1.67. The molecule has 8 heteroatoms. The maximum Gasteiger partial charge on any atom is 0.235 e. The van der Waals surface area contributed by atoms with Gasteiger partial charge >= 0.3 is 0 Å². The number of amides is 1. The Kier molecular flexibility index (Phi) is 4.42. The quantitative estimate of drug-likeness (QED) is 0.716. The zero-order valence-corrected chi connectivity index (χ0v) is 15.3. The minimum Gasteiger partial charge on any atom is -0.310 e. The molecule has 0 saturated heterocycles. The predicted octanol–water partition coefficient (Wildman–Crippen LogP) is 4.14. The Morgan fingerprint density at radius 2 is 2.19 bits per heavy atom. The summed E-state index contributed by atoms with van der Waals surface area (Å²) in [6.45, 7) is 1.88. The number of pyridine rings is 1. The normalized spacial score (nSPS) is 16.7. The number of thioether (sulfide) groups is 1. The lowest BCUT2D eigenvalue weighted by Gasteiger charge is -2.16. The van der Waals surface area contributed by atoms with Crippen LogP contribution in [-0.2, 0) is 4.79 Å². The molecule has 0 unspecified atom stereocenters. The van der Waals surface area contributed by atoms with Crippen molar-refractivity contribution in [3.8, 4) is 5.82 Å². The second kappa shape index (κ2) is 6.74. The van der Waals surface area contributed by atoms with Crippen molar-refractivity contribution in [1.82, 2.24) is 14.8 Å². The van der Waals surface area contributed by atoms with E-state index in [2.05, 4.69) is 15.4 Å². The molecule has 0 aliphatic carbocycles. The molecule has 5 nitrogen and oxygen atoms in total. The Morgan fingerprint density at radius 3 is 2.92 bits per heavy atom. The van der Waals surface area contributed by atoms with Crippen LogP contribution in [0.4, 0.5) is 10.2 Å². The fourth-order valence-electron chi connectivity index (χ4n) is 2.99. The summed E-state index contributed by atoms with van der Waals surface area (Å²) in [5.74, 6) is 0.908. The highest BCUT2D eigenvalue weighted by Gasteiger charge is 2.31. The van der Waals surface area contributed by atoms with E-state index >= 15 is 0 Å². The summed E-state index contributed by atoms with van der Waals surface area (Å²) in [6, 6.07) is 9.81. The minimum absolute atomic E-state index is 0.130. The Labute approximate surface area is 158 Å². The Bertz CT molecular complexity index is 992. The summed E-state index contributed by atoms with van der Waals surface area (Å²) in [7, 11) is 0. The molecule has 4 rings (SSSR count). The van der Waals surface area contributed by atoms with Gasteiger partial charge in [0.25, 0.3) is 0 Å². The third kappa shape index (κ3) is 2.97. The van der Waals surface area contributed by atoms with Gasteiger partial charge in [0.15, 0.2) is 5.82 Å². The van der Waals surface area contributed by atoms with Crippen molar-refractivity contribution < 1.29 is 9.18 Å². The Morgan fingerprint density at radius 1 is 1.35 bits per heavy atom. The Hall–Kier alpha value is -2.38. The molecule has 1 aromatic carbocycles. The van der Waals surface area contributed by atoms with Crippen LogP contribution in [0.15, 0.2) is 42.6 Å². The molecule has 2 aromatic heterocycles. The number of anilines is 1. The second-order valence-corrected chi connectivity index (χ2v) is 7.35. The number of hydrogen-bond acceptors (Lipinski definition) is 4. The highest BCUT2D eigenvalue weighted by molar-refractivity contribution is 8.00. The zero-order chi connectivity index (χ0) is 18.3. The SMILES string of the molecule is Cc1nn(-c2ccccn2)c2c1[C@H](c1ccc(F)cc1Cl)SCC(=O)N2. The number of nitrogens with one attached hydrogen (secondary N) is 1. The van der Waals surface area contributed by atoms with E-state index < -0.39 is 5.82 Å². The molecular formula is C18H14ClFN4OS. The number of carbonyl (C=O) groups is 1. The first-order chi connectivity index (χ1) is 12.5. The number of benzene rings is 1. The van der Waals surface area contributed by atoms with E-state index in [0.29, 0.717) is 16.7 Å². The van der Waals surface area contributed by atoms with Crippen molar-refractivity contribution in [3.63, 3.8) is 0 Å². The third-order valence-corrected chi connectivity index (χ3v) is 5.70. The van der Waals surface area contributed by atoms with Crippen molar-refractivity contribution in [3.05, 3.63) is 70.3 Å². The van der Waals surface area contributed by atoms with Crippen LogP contribution in [0.3, 0.4) is 0 Å². The maximum atomic E-state index is 13.5. The van der Waals surface area contributed by atoms with E-state index in [9.17, 15) is 9.18 Å². The van der Waals surface area contributed by atoms with Crippen LogP contribution >= 0.6 is 23.4 Å². The fraction of sp³-hybridized carbons (Fsp3) is 0.167. The highest BCUT2D eigenvalue weighted by atomic mass is 35.5. The van der Waals surface area contributed by atoms with E-state index in [-0.39, 0.29) is 16.9 Å². The topological polar surface area (TPSA) is 59.8 Å². The average molecular weight is 389 g/mol. The first-order valence-corrected chi connectivity index (χ1v) is 9.34. The van der Waals surface area contributed by atoms with Crippen LogP contribution < -0.4 is 5.32 Å². The maximum absolute atomic E-state index is 13.5. The van der Waals surface area contributed by atoms with E-state index in [1.807, 2.05) is 25.1 Å². The summed E-state index contributed by atoms with van der Waals surface area (Å²) in [5, 5.41) is 7.58. The lowest BCUT2D eigenvalue weighted by molar-refractivity contribution is -0.113. The van der Waals surface area contributed by atoms with Gasteiger partial charge in [-0.15, -0.1) is 11.8 Å². The molecular weight excluding hydrogens is 375 g/mol. The number of fused-ring (bicyclic) bond motifs is 1. The van der Waals surface area contributed by atoms with Crippen molar-refractivity contribution >= 4 is 35.1 Å². The zero-order valence-electron chi connectivity index (χ0n) is 13.7. The van der Waals surface area contributed by atoms with Crippen LogP contribution in [-0.4, -0.2) is 26.4 Å². The van der Waals surface area contributed by atoms with E-state index in [4.69, 9.17) is 11.6 Å². The van der Waals surface area contributed by atoms with Gasteiger partial charge in [0.2, 0.25) is 5.91 Å². The molecule has 1 aliphatic rings. The van der Waals surface area contributed by atoms with Gasteiger partial charge in [-0.25, -0.2) is 9.37 Å². The van der Waals surface area contributed by atoms with Crippen LogP contribution in [0, 0.1) is 12.7 Å². The second-order valence-electron chi connectivity index (χ2n) is 5.85. The summed E-state index contributed by atoms with van der Waals surface area (Å²) in [5.41, 5.74) is 2.35. The van der Waals surface area contributed by atoms with Gasteiger partial charge in [-0.3, -0.25) is 4.79 Å². The summed E-state index contributed by atoms with van der Waals surface area (Å²) < 4.78 is 15.1. The van der Waals surface area contributed by atoms with Crippen LogP contribution in [0.1, 0.15) is 22.1 Å². The highest BCUT2D eigenvalue weighted by Crippen LogP contribution is 2.45. The van der Waals surface area contributed by atoms with Gasteiger partial charge in [0, 0.05) is 16.8 Å². The Balaban J connectivity index is 1.91. The smallest absolute Gasteiger partial charge is 0.235 e. The third-order valence-electron chi connectivity index (χ3n) is 4.12. The summed E-state index contributed by atoms with van der Waals surface area (Å²) >= 11 is 7.73. The number of nitrogens with zero attached hydrogens (tertiary/aromatic N) is 3. The van der Waals surface area contributed by atoms with E-state index in [0.717, 1.165) is 16.8 Å². The largest absolute Gasteiger partial charge is 0.310 e. The number of rotatable bonds is 2. The fourth-order valence-corrected chi connectivity index (χ4v) is 4.55. The van der Waals surface area contributed by atoms with Gasteiger partial charge in [-0.1, -0.05) is 23.7 Å². The van der Waals surface area contributed by atoms with Crippen LogP contribution in [0.2, 0.25) is 5.02 Å². The molecule has 0 fully saturated rings. The van der Waals surface area contributed by atoms with Crippen molar-refractivity contribution in [2.24, 2.45) is 0 Å². The molecule has 0 spiro atoms. The molecule has 0 saturated carbocycles.